The highest BCUT2D eigenvalue weighted by Crippen LogP contribution is 2.26. The van der Waals surface area contributed by atoms with Gasteiger partial charge in [0.05, 0.1) is 12.0 Å². The molecule has 1 aromatic carbocycles. The van der Waals surface area contributed by atoms with Gasteiger partial charge in [0, 0.05) is 17.4 Å². The van der Waals surface area contributed by atoms with Crippen LogP contribution in [0.4, 0.5) is 4.39 Å². The molecule has 0 radical (unpaired) electrons. The first-order chi connectivity index (χ1) is 9.02. The Morgan fingerprint density at radius 1 is 1.47 bits per heavy atom. The summed E-state index contributed by atoms with van der Waals surface area (Å²) in [5.74, 6) is -0.550. The molecule has 104 valence electrons. The van der Waals surface area contributed by atoms with Crippen molar-refractivity contribution in [2.75, 3.05) is 13.7 Å². The van der Waals surface area contributed by atoms with Gasteiger partial charge in [-0.15, -0.1) is 0 Å². The summed E-state index contributed by atoms with van der Waals surface area (Å²) in [6.07, 6.45) is -1.14. The molecule has 0 bridgehead atoms. The Balaban J connectivity index is 2.21. The molecule has 0 aliphatic carbocycles. The summed E-state index contributed by atoms with van der Waals surface area (Å²) in [5, 5.41) is 0. The molecule has 7 heteroatoms. The first kappa shape index (κ1) is 14.6. The van der Waals surface area contributed by atoms with Crippen LogP contribution in [0.2, 0.25) is 0 Å². The van der Waals surface area contributed by atoms with Gasteiger partial charge in [-0.2, -0.15) is 0 Å². The molecule has 0 saturated carbocycles. The Labute approximate surface area is 121 Å². The predicted octanol–water partition coefficient (Wildman–Crippen LogP) is 2.06. The molecular weight excluding hydrogens is 337 g/mol. The third kappa shape index (κ3) is 3.21. The molecule has 1 fully saturated rings. The van der Waals surface area contributed by atoms with Crippen LogP contribution < -0.4 is 0 Å². The fourth-order valence-electron chi connectivity index (χ4n) is 1.98. The number of alkyl halides is 1. The molecule has 1 aromatic rings. The Kier molecular flexibility index (Phi) is 4.70. The van der Waals surface area contributed by atoms with Crippen molar-refractivity contribution in [2.45, 2.75) is 23.5 Å². The molecule has 3 atom stereocenters. The van der Waals surface area contributed by atoms with E-state index in [0.29, 0.717) is 4.90 Å². The van der Waals surface area contributed by atoms with Gasteiger partial charge < -0.3 is 4.74 Å². The lowest BCUT2D eigenvalue weighted by Crippen LogP contribution is -2.38. The average molecular weight is 350 g/mol. The van der Waals surface area contributed by atoms with E-state index in [9.17, 15) is 13.4 Å². The minimum Gasteiger partial charge on any atom is -0.468 e. The number of ether oxygens (including phenoxy) is 1. The third-order valence-corrected chi connectivity index (χ3v) is 4.94. The van der Waals surface area contributed by atoms with Gasteiger partial charge >= 0.3 is 5.97 Å². The SMILES string of the molecule is COC(=O)C1CC(F)CN1S(=O)c1ccc(Br)cc1. The lowest BCUT2D eigenvalue weighted by molar-refractivity contribution is -0.144. The van der Waals surface area contributed by atoms with E-state index in [0.717, 1.165) is 4.47 Å². The third-order valence-electron chi connectivity index (χ3n) is 2.91. The van der Waals surface area contributed by atoms with Crippen molar-refractivity contribution in [1.82, 2.24) is 4.31 Å². The summed E-state index contributed by atoms with van der Waals surface area (Å²) in [6.45, 7) is -0.0254. The van der Waals surface area contributed by atoms with Crippen molar-refractivity contribution in [3.8, 4) is 0 Å². The minimum atomic E-state index is -1.57. The van der Waals surface area contributed by atoms with Crippen molar-refractivity contribution in [3.05, 3.63) is 28.7 Å². The fourth-order valence-corrected chi connectivity index (χ4v) is 3.58. The molecule has 3 unspecified atom stereocenters. The zero-order valence-electron chi connectivity index (χ0n) is 10.2. The minimum absolute atomic E-state index is 0.0228. The summed E-state index contributed by atoms with van der Waals surface area (Å²) in [5.41, 5.74) is 0. The van der Waals surface area contributed by atoms with E-state index in [1.165, 1.54) is 11.4 Å². The molecule has 1 aliphatic heterocycles. The van der Waals surface area contributed by atoms with Crippen LogP contribution in [-0.2, 0) is 20.5 Å². The standard InChI is InChI=1S/C12H13BrFNO3S/c1-18-12(16)11-6-9(14)7-15(11)19(17)10-4-2-8(13)3-5-10/h2-5,9,11H,6-7H2,1H3. The lowest BCUT2D eigenvalue weighted by atomic mass is 10.2. The fraction of sp³-hybridized carbons (Fsp3) is 0.417. The molecule has 19 heavy (non-hydrogen) atoms. The molecule has 0 aromatic heterocycles. The highest BCUT2D eigenvalue weighted by atomic mass is 79.9. The van der Waals surface area contributed by atoms with E-state index in [4.69, 9.17) is 0 Å². The highest BCUT2D eigenvalue weighted by molar-refractivity contribution is 9.10. The van der Waals surface area contributed by atoms with Crippen molar-refractivity contribution in [1.29, 1.82) is 0 Å². The predicted molar refractivity (Wildman–Crippen MR) is 72.6 cm³/mol. The molecule has 2 rings (SSSR count). The van der Waals surface area contributed by atoms with Crippen LogP contribution in [0, 0.1) is 0 Å². The van der Waals surface area contributed by atoms with E-state index in [2.05, 4.69) is 20.7 Å². The van der Waals surface area contributed by atoms with Gasteiger partial charge in [0.25, 0.3) is 0 Å². The number of methoxy groups -OCH3 is 1. The maximum absolute atomic E-state index is 13.5. The maximum Gasteiger partial charge on any atom is 0.324 e. The van der Waals surface area contributed by atoms with Crippen molar-refractivity contribution < 1.29 is 18.1 Å². The Morgan fingerprint density at radius 3 is 2.68 bits per heavy atom. The summed E-state index contributed by atoms with van der Waals surface area (Å²) in [7, 11) is -0.324. The topological polar surface area (TPSA) is 46.6 Å². The van der Waals surface area contributed by atoms with Crippen LogP contribution >= 0.6 is 15.9 Å². The number of hydrogen-bond donors (Lipinski definition) is 0. The van der Waals surface area contributed by atoms with Crippen LogP contribution in [0.3, 0.4) is 0 Å². The molecule has 4 nitrogen and oxygen atoms in total. The molecular formula is C12H13BrFNO3S. The smallest absolute Gasteiger partial charge is 0.324 e. The highest BCUT2D eigenvalue weighted by Gasteiger charge is 2.41. The number of benzene rings is 1. The summed E-state index contributed by atoms with van der Waals surface area (Å²) in [6, 6.07) is 6.08. The zero-order valence-corrected chi connectivity index (χ0v) is 12.6. The van der Waals surface area contributed by atoms with Crippen LogP contribution in [0.1, 0.15) is 6.42 Å². The molecule has 1 aliphatic rings. The lowest BCUT2D eigenvalue weighted by Gasteiger charge is -2.20. The van der Waals surface area contributed by atoms with Gasteiger partial charge in [-0.25, -0.2) is 12.9 Å². The first-order valence-corrected chi connectivity index (χ1v) is 7.59. The second-order valence-corrected chi connectivity index (χ2v) is 6.53. The molecule has 0 N–H and O–H groups in total. The van der Waals surface area contributed by atoms with Gasteiger partial charge in [0.15, 0.2) is 0 Å². The summed E-state index contributed by atoms with van der Waals surface area (Å²) in [4.78, 5) is 12.1. The van der Waals surface area contributed by atoms with Gasteiger partial charge in [-0.05, 0) is 24.3 Å². The van der Waals surface area contributed by atoms with Crippen molar-refractivity contribution in [2.24, 2.45) is 0 Å². The summed E-state index contributed by atoms with van der Waals surface area (Å²) < 4.78 is 32.7. The van der Waals surface area contributed by atoms with Gasteiger partial charge in [-0.1, -0.05) is 15.9 Å². The maximum atomic E-state index is 13.5. The summed E-state index contributed by atoms with van der Waals surface area (Å²) >= 11 is 3.29. The van der Waals surface area contributed by atoms with E-state index in [1.807, 2.05) is 0 Å². The van der Waals surface area contributed by atoms with E-state index in [-0.39, 0.29) is 13.0 Å². The molecule has 0 spiro atoms. The van der Waals surface area contributed by atoms with Crippen LogP contribution in [0.5, 0.6) is 0 Å². The average Bonchev–Trinajstić information content (AvgIpc) is 2.80. The number of carbonyl (C=O) groups is 1. The largest absolute Gasteiger partial charge is 0.468 e. The second-order valence-electron chi connectivity index (χ2n) is 4.17. The van der Waals surface area contributed by atoms with Crippen LogP contribution in [-0.4, -0.2) is 40.4 Å². The van der Waals surface area contributed by atoms with E-state index < -0.39 is 29.2 Å². The number of halogens is 2. The molecule has 0 amide bonds. The van der Waals surface area contributed by atoms with Gasteiger partial charge in [-0.3, -0.25) is 4.79 Å². The normalized spacial score (nSPS) is 25.2. The molecule has 1 heterocycles. The van der Waals surface area contributed by atoms with E-state index >= 15 is 0 Å². The Morgan fingerprint density at radius 2 is 2.11 bits per heavy atom. The molecule has 1 saturated heterocycles. The van der Waals surface area contributed by atoms with E-state index in [1.54, 1.807) is 24.3 Å². The van der Waals surface area contributed by atoms with Crippen LogP contribution in [0.15, 0.2) is 33.6 Å². The monoisotopic (exact) mass is 349 g/mol. The van der Waals surface area contributed by atoms with Gasteiger partial charge in [0.1, 0.15) is 23.2 Å². The number of nitrogens with zero attached hydrogens (tertiary/aromatic N) is 1. The Bertz CT molecular complexity index is 496. The Hall–Kier alpha value is -0.790. The quantitative estimate of drug-likeness (QED) is 0.784. The first-order valence-electron chi connectivity index (χ1n) is 5.69. The number of rotatable bonds is 3. The second kappa shape index (κ2) is 6.11. The van der Waals surface area contributed by atoms with Crippen LogP contribution in [0.25, 0.3) is 0 Å². The number of carbonyl (C=O) groups excluding carboxylic acids is 1. The number of hydrogen-bond acceptors (Lipinski definition) is 3. The van der Waals surface area contributed by atoms with Crippen molar-refractivity contribution in [3.63, 3.8) is 0 Å². The number of esters is 1. The van der Waals surface area contributed by atoms with Gasteiger partial charge in [0.2, 0.25) is 0 Å². The van der Waals surface area contributed by atoms with Crippen molar-refractivity contribution >= 4 is 32.9 Å². The zero-order chi connectivity index (χ0) is 14.0.